The molecule has 0 unspecified atom stereocenters. The van der Waals surface area contributed by atoms with Crippen LogP contribution in [0, 0.1) is 0 Å². The van der Waals surface area contributed by atoms with E-state index < -0.39 is 0 Å². The fraction of sp³-hybridized carbons (Fsp3) is 0.250. The third-order valence-electron chi connectivity index (χ3n) is 2.87. The fourth-order valence-electron chi connectivity index (χ4n) is 1.83. The van der Waals surface area contributed by atoms with Crippen molar-refractivity contribution in [3.05, 3.63) is 59.1 Å². The Kier molecular flexibility index (Phi) is 5.10. The van der Waals surface area contributed by atoms with Crippen LogP contribution in [0.2, 0.25) is 5.02 Å². The fourth-order valence-corrected chi connectivity index (χ4v) is 2.08. The second kappa shape index (κ2) is 7.05. The molecule has 0 aliphatic carbocycles. The number of aryl methyl sites for hydroxylation is 1. The Morgan fingerprint density at radius 2 is 1.89 bits per heavy atom. The molecule has 0 heterocycles. The highest BCUT2D eigenvalue weighted by atomic mass is 35.5. The number of hydrogen-bond donors (Lipinski definition) is 1. The largest absolute Gasteiger partial charge is 0.492 e. The standard InChI is InChI=1S/C16H18ClNO/c1-2-13-12-15(8-9-16(13)17)19-11-10-18-14-6-4-3-5-7-14/h3-9,12,18H,2,10-11H2,1H3. The SMILES string of the molecule is CCc1cc(OCCNc2ccccc2)ccc1Cl. The van der Waals surface area contributed by atoms with E-state index in [1.54, 1.807) is 0 Å². The number of halogens is 1. The molecule has 1 N–H and O–H groups in total. The van der Waals surface area contributed by atoms with Crippen LogP contribution in [0.3, 0.4) is 0 Å². The van der Waals surface area contributed by atoms with Gasteiger partial charge >= 0.3 is 0 Å². The van der Waals surface area contributed by atoms with Gasteiger partial charge in [0, 0.05) is 17.3 Å². The van der Waals surface area contributed by atoms with Crippen molar-refractivity contribution >= 4 is 17.3 Å². The van der Waals surface area contributed by atoms with Crippen LogP contribution in [0.4, 0.5) is 5.69 Å². The first kappa shape index (κ1) is 13.8. The third kappa shape index (κ3) is 4.18. The van der Waals surface area contributed by atoms with Crippen LogP contribution in [0.5, 0.6) is 5.75 Å². The number of hydrogen-bond acceptors (Lipinski definition) is 2. The van der Waals surface area contributed by atoms with Crippen molar-refractivity contribution in [3.63, 3.8) is 0 Å². The van der Waals surface area contributed by atoms with Crippen LogP contribution >= 0.6 is 11.6 Å². The molecule has 3 heteroatoms. The average Bonchev–Trinajstić information content (AvgIpc) is 2.46. The monoisotopic (exact) mass is 275 g/mol. The lowest BCUT2D eigenvalue weighted by Gasteiger charge is -2.10. The van der Waals surface area contributed by atoms with E-state index in [1.807, 2.05) is 48.5 Å². The molecule has 0 aliphatic rings. The van der Waals surface area contributed by atoms with E-state index >= 15 is 0 Å². The van der Waals surface area contributed by atoms with Crippen molar-refractivity contribution < 1.29 is 4.74 Å². The maximum atomic E-state index is 6.07. The van der Waals surface area contributed by atoms with E-state index in [0.717, 1.165) is 35.0 Å². The average molecular weight is 276 g/mol. The Labute approximate surface area is 119 Å². The maximum absolute atomic E-state index is 6.07. The van der Waals surface area contributed by atoms with Gasteiger partial charge in [0.1, 0.15) is 12.4 Å². The summed E-state index contributed by atoms with van der Waals surface area (Å²) in [5.41, 5.74) is 2.23. The minimum absolute atomic E-state index is 0.625. The number of ether oxygens (including phenoxy) is 1. The summed E-state index contributed by atoms with van der Waals surface area (Å²) >= 11 is 6.07. The molecule has 0 aliphatic heterocycles. The molecule has 0 bridgehead atoms. The molecule has 2 nitrogen and oxygen atoms in total. The van der Waals surface area contributed by atoms with Crippen LogP contribution in [0.15, 0.2) is 48.5 Å². The Bertz CT molecular complexity index is 513. The number of para-hydroxylation sites is 1. The molecule has 2 aromatic rings. The predicted octanol–water partition coefficient (Wildman–Crippen LogP) is 4.39. The minimum Gasteiger partial charge on any atom is -0.492 e. The molecule has 0 aromatic heterocycles. The quantitative estimate of drug-likeness (QED) is 0.789. The molecule has 2 aromatic carbocycles. The summed E-state index contributed by atoms with van der Waals surface area (Å²) in [4.78, 5) is 0. The van der Waals surface area contributed by atoms with Gasteiger partial charge in [-0.05, 0) is 42.3 Å². The van der Waals surface area contributed by atoms with Gasteiger partial charge in [0.2, 0.25) is 0 Å². The molecule has 0 radical (unpaired) electrons. The highest BCUT2D eigenvalue weighted by Crippen LogP contribution is 2.22. The highest BCUT2D eigenvalue weighted by molar-refractivity contribution is 6.31. The second-order valence-corrected chi connectivity index (χ2v) is 4.66. The first-order valence-electron chi connectivity index (χ1n) is 6.49. The third-order valence-corrected chi connectivity index (χ3v) is 3.24. The molecule has 0 amide bonds. The zero-order valence-electron chi connectivity index (χ0n) is 11.0. The normalized spacial score (nSPS) is 10.2. The predicted molar refractivity (Wildman–Crippen MR) is 81.3 cm³/mol. The lowest BCUT2D eigenvalue weighted by molar-refractivity contribution is 0.332. The zero-order chi connectivity index (χ0) is 13.5. The first-order valence-corrected chi connectivity index (χ1v) is 6.87. The zero-order valence-corrected chi connectivity index (χ0v) is 11.8. The van der Waals surface area contributed by atoms with E-state index in [-0.39, 0.29) is 0 Å². The Balaban J connectivity index is 1.80. The van der Waals surface area contributed by atoms with Gasteiger partial charge < -0.3 is 10.1 Å². The van der Waals surface area contributed by atoms with Gasteiger partial charge in [0.05, 0.1) is 0 Å². The topological polar surface area (TPSA) is 21.3 Å². The Morgan fingerprint density at radius 3 is 2.63 bits per heavy atom. The molecule has 0 saturated carbocycles. The van der Waals surface area contributed by atoms with Crippen molar-refractivity contribution in [1.29, 1.82) is 0 Å². The summed E-state index contributed by atoms with van der Waals surface area (Å²) in [6.45, 7) is 3.48. The summed E-state index contributed by atoms with van der Waals surface area (Å²) in [6.07, 6.45) is 0.915. The van der Waals surface area contributed by atoms with Crippen molar-refractivity contribution in [2.75, 3.05) is 18.5 Å². The molecule has 0 saturated heterocycles. The van der Waals surface area contributed by atoms with E-state index in [1.165, 1.54) is 0 Å². The molecule has 0 spiro atoms. The van der Waals surface area contributed by atoms with Gasteiger partial charge in [0.25, 0.3) is 0 Å². The molecule has 2 rings (SSSR count). The second-order valence-electron chi connectivity index (χ2n) is 4.25. The van der Waals surface area contributed by atoms with Gasteiger partial charge in [-0.3, -0.25) is 0 Å². The summed E-state index contributed by atoms with van der Waals surface area (Å²) < 4.78 is 5.70. The summed E-state index contributed by atoms with van der Waals surface area (Å²) in [6, 6.07) is 15.9. The number of rotatable bonds is 6. The molecule has 19 heavy (non-hydrogen) atoms. The Morgan fingerprint density at radius 1 is 1.11 bits per heavy atom. The van der Waals surface area contributed by atoms with E-state index in [4.69, 9.17) is 16.3 Å². The van der Waals surface area contributed by atoms with E-state index in [9.17, 15) is 0 Å². The molecule has 0 atom stereocenters. The molecule has 100 valence electrons. The van der Waals surface area contributed by atoms with Crippen molar-refractivity contribution in [2.45, 2.75) is 13.3 Å². The number of benzene rings is 2. The lowest BCUT2D eigenvalue weighted by atomic mass is 10.1. The first-order chi connectivity index (χ1) is 9.29. The Hall–Kier alpha value is -1.67. The highest BCUT2D eigenvalue weighted by Gasteiger charge is 2.00. The summed E-state index contributed by atoms with van der Waals surface area (Å²) in [7, 11) is 0. The van der Waals surface area contributed by atoms with Crippen molar-refractivity contribution in [2.24, 2.45) is 0 Å². The van der Waals surface area contributed by atoms with Gasteiger partial charge in [-0.1, -0.05) is 36.7 Å². The minimum atomic E-state index is 0.625. The van der Waals surface area contributed by atoms with Crippen molar-refractivity contribution in [3.8, 4) is 5.75 Å². The number of nitrogens with one attached hydrogen (secondary N) is 1. The van der Waals surface area contributed by atoms with Crippen molar-refractivity contribution in [1.82, 2.24) is 0 Å². The van der Waals surface area contributed by atoms with Gasteiger partial charge in [0.15, 0.2) is 0 Å². The van der Waals surface area contributed by atoms with Gasteiger partial charge in [-0.15, -0.1) is 0 Å². The molecular formula is C16H18ClNO. The smallest absolute Gasteiger partial charge is 0.119 e. The van der Waals surface area contributed by atoms with Gasteiger partial charge in [-0.2, -0.15) is 0 Å². The molecule has 0 fully saturated rings. The summed E-state index contributed by atoms with van der Waals surface area (Å²) in [5.74, 6) is 0.871. The lowest BCUT2D eigenvalue weighted by Crippen LogP contribution is -2.11. The molecular weight excluding hydrogens is 258 g/mol. The van der Waals surface area contributed by atoms with E-state index in [0.29, 0.717) is 6.61 Å². The van der Waals surface area contributed by atoms with Crippen LogP contribution in [0.1, 0.15) is 12.5 Å². The van der Waals surface area contributed by atoms with Crippen LogP contribution < -0.4 is 10.1 Å². The van der Waals surface area contributed by atoms with Gasteiger partial charge in [-0.25, -0.2) is 0 Å². The maximum Gasteiger partial charge on any atom is 0.119 e. The summed E-state index contributed by atoms with van der Waals surface area (Å²) in [5, 5.41) is 4.11. The number of anilines is 1. The van der Waals surface area contributed by atoms with Crippen LogP contribution in [0.25, 0.3) is 0 Å². The van der Waals surface area contributed by atoms with Crippen LogP contribution in [-0.2, 0) is 6.42 Å². The van der Waals surface area contributed by atoms with E-state index in [2.05, 4.69) is 12.2 Å². The van der Waals surface area contributed by atoms with Crippen LogP contribution in [-0.4, -0.2) is 13.2 Å².